The first-order chi connectivity index (χ1) is 14.2. The highest BCUT2D eigenvalue weighted by molar-refractivity contribution is 6.04. The van der Waals surface area contributed by atoms with Gasteiger partial charge in [0, 0.05) is 25.6 Å². The second-order valence-electron chi connectivity index (χ2n) is 7.60. The molecule has 1 amide bonds. The molecule has 2 aromatic carbocycles. The molecule has 1 aliphatic rings. The van der Waals surface area contributed by atoms with Crippen molar-refractivity contribution in [1.29, 1.82) is 0 Å². The predicted molar refractivity (Wildman–Crippen MR) is 120 cm³/mol. The molecule has 1 heterocycles. The summed E-state index contributed by atoms with van der Waals surface area (Å²) in [6.45, 7) is 8.21. The Bertz CT molecular complexity index is 1020. The van der Waals surface area contributed by atoms with E-state index in [2.05, 4.69) is 32.9 Å². The highest BCUT2D eigenvalue weighted by Crippen LogP contribution is 2.34. The van der Waals surface area contributed by atoms with Crippen molar-refractivity contribution in [2.24, 2.45) is 4.99 Å². The van der Waals surface area contributed by atoms with E-state index < -0.39 is 0 Å². The number of amidine groups is 1. The van der Waals surface area contributed by atoms with Crippen LogP contribution in [0, 0.1) is 20.8 Å². The summed E-state index contributed by atoms with van der Waals surface area (Å²) >= 11 is 0. The van der Waals surface area contributed by atoms with Gasteiger partial charge in [0.1, 0.15) is 5.84 Å². The Morgan fingerprint density at radius 2 is 1.63 bits per heavy atom. The normalized spacial score (nSPS) is 15.3. The standard InChI is InChI=1S/C24H29N3O3/c1-15-10-16(2)24(17(3)11-15)25-23-13-20(27(18(4)28)14-26(23)5)19-8-9-21(29-6)22(12-19)30-7/h8-13H,14H2,1-7H3/b25-23-. The lowest BCUT2D eigenvalue weighted by atomic mass is 10.0. The van der Waals surface area contributed by atoms with Gasteiger partial charge in [0.2, 0.25) is 5.91 Å². The number of ether oxygens (including phenoxy) is 2. The lowest BCUT2D eigenvalue weighted by Crippen LogP contribution is -2.44. The minimum atomic E-state index is -0.0374. The lowest BCUT2D eigenvalue weighted by Gasteiger charge is -2.35. The number of carbonyl (C=O) groups is 1. The summed E-state index contributed by atoms with van der Waals surface area (Å²) in [7, 11) is 5.14. The summed E-state index contributed by atoms with van der Waals surface area (Å²) in [5.41, 5.74) is 6.08. The van der Waals surface area contributed by atoms with Crippen LogP contribution in [0.15, 0.2) is 41.4 Å². The van der Waals surface area contributed by atoms with E-state index in [0.717, 1.165) is 33.9 Å². The van der Waals surface area contributed by atoms with E-state index in [0.29, 0.717) is 18.2 Å². The minimum absolute atomic E-state index is 0.0374. The topological polar surface area (TPSA) is 54.4 Å². The van der Waals surface area contributed by atoms with Gasteiger partial charge in [0.05, 0.1) is 32.3 Å². The van der Waals surface area contributed by atoms with E-state index in [9.17, 15) is 4.79 Å². The average Bonchev–Trinajstić information content (AvgIpc) is 2.70. The van der Waals surface area contributed by atoms with Gasteiger partial charge in [-0.15, -0.1) is 0 Å². The van der Waals surface area contributed by atoms with Gasteiger partial charge < -0.3 is 14.4 Å². The molecule has 0 bridgehead atoms. The Morgan fingerprint density at radius 3 is 2.20 bits per heavy atom. The van der Waals surface area contributed by atoms with E-state index in [1.54, 1.807) is 26.0 Å². The molecular weight excluding hydrogens is 378 g/mol. The summed E-state index contributed by atoms with van der Waals surface area (Å²) in [6, 6.07) is 9.92. The number of aliphatic imine (C=N–C) groups is 1. The second-order valence-corrected chi connectivity index (χ2v) is 7.60. The number of hydrogen-bond acceptors (Lipinski definition) is 4. The molecule has 0 N–H and O–H groups in total. The maximum Gasteiger partial charge on any atom is 0.225 e. The monoisotopic (exact) mass is 407 g/mol. The fourth-order valence-electron chi connectivity index (χ4n) is 3.76. The van der Waals surface area contributed by atoms with Crippen molar-refractivity contribution in [3.05, 3.63) is 58.7 Å². The number of aryl methyl sites for hydroxylation is 3. The minimum Gasteiger partial charge on any atom is -0.493 e. The molecule has 0 fully saturated rings. The van der Waals surface area contributed by atoms with Crippen molar-refractivity contribution in [1.82, 2.24) is 9.80 Å². The van der Waals surface area contributed by atoms with Crippen LogP contribution in [0.2, 0.25) is 0 Å². The number of rotatable bonds is 4. The SMILES string of the molecule is COc1ccc(C2=C/C(=N/c3c(C)cc(C)cc3C)N(C)CN2C(C)=O)cc1OC. The van der Waals surface area contributed by atoms with Gasteiger partial charge in [0.25, 0.3) is 0 Å². The molecular formula is C24H29N3O3. The maximum absolute atomic E-state index is 12.4. The number of likely N-dealkylation sites (N-methyl/N-ethyl adjacent to an activating group) is 1. The van der Waals surface area contributed by atoms with Gasteiger partial charge >= 0.3 is 0 Å². The third-order valence-corrected chi connectivity index (χ3v) is 5.22. The van der Waals surface area contributed by atoms with Crippen LogP contribution in [0.25, 0.3) is 5.70 Å². The van der Waals surface area contributed by atoms with E-state index in [4.69, 9.17) is 14.5 Å². The smallest absolute Gasteiger partial charge is 0.225 e. The first-order valence-corrected chi connectivity index (χ1v) is 9.85. The van der Waals surface area contributed by atoms with Crippen LogP contribution >= 0.6 is 0 Å². The van der Waals surface area contributed by atoms with Gasteiger partial charge in [-0.2, -0.15) is 0 Å². The van der Waals surface area contributed by atoms with E-state index >= 15 is 0 Å². The van der Waals surface area contributed by atoms with Gasteiger partial charge in [0.15, 0.2) is 11.5 Å². The van der Waals surface area contributed by atoms with Crippen LogP contribution in [0.1, 0.15) is 29.2 Å². The van der Waals surface area contributed by atoms with Gasteiger partial charge in [-0.3, -0.25) is 9.69 Å². The molecule has 158 valence electrons. The number of nitrogens with zero attached hydrogens (tertiary/aromatic N) is 3. The van der Waals surface area contributed by atoms with Crippen molar-refractivity contribution < 1.29 is 14.3 Å². The van der Waals surface area contributed by atoms with Gasteiger partial charge in [-0.05, 0) is 50.1 Å². The number of methoxy groups -OCH3 is 2. The lowest BCUT2D eigenvalue weighted by molar-refractivity contribution is -0.126. The summed E-state index contributed by atoms with van der Waals surface area (Å²) in [6.07, 6.45) is 1.95. The molecule has 0 radical (unpaired) electrons. The third kappa shape index (κ3) is 4.17. The number of amides is 1. The van der Waals surface area contributed by atoms with Crippen LogP contribution in [-0.4, -0.2) is 49.5 Å². The third-order valence-electron chi connectivity index (χ3n) is 5.22. The summed E-state index contributed by atoms with van der Waals surface area (Å²) in [5, 5.41) is 0. The molecule has 30 heavy (non-hydrogen) atoms. The quantitative estimate of drug-likeness (QED) is 0.751. The van der Waals surface area contributed by atoms with Crippen LogP contribution in [0.4, 0.5) is 5.69 Å². The highest BCUT2D eigenvalue weighted by Gasteiger charge is 2.26. The molecule has 6 nitrogen and oxygen atoms in total. The molecule has 6 heteroatoms. The molecule has 0 aliphatic carbocycles. The Balaban J connectivity index is 2.15. The molecule has 3 rings (SSSR count). The highest BCUT2D eigenvalue weighted by atomic mass is 16.5. The first kappa shape index (κ1) is 21.4. The largest absolute Gasteiger partial charge is 0.493 e. The van der Waals surface area contributed by atoms with Gasteiger partial charge in [-0.1, -0.05) is 17.7 Å². The number of hydrogen-bond donors (Lipinski definition) is 0. The first-order valence-electron chi connectivity index (χ1n) is 9.85. The number of benzene rings is 2. The molecule has 0 atom stereocenters. The zero-order chi connectivity index (χ0) is 22.0. The van der Waals surface area contributed by atoms with Crippen LogP contribution in [0.3, 0.4) is 0 Å². The predicted octanol–water partition coefficient (Wildman–Crippen LogP) is 4.45. The Hall–Kier alpha value is -3.28. The van der Waals surface area contributed by atoms with Crippen molar-refractivity contribution in [2.75, 3.05) is 27.9 Å². The van der Waals surface area contributed by atoms with Crippen LogP contribution in [0.5, 0.6) is 11.5 Å². The second kappa shape index (κ2) is 8.61. The Morgan fingerprint density at radius 1 is 1.00 bits per heavy atom. The molecule has 0 saturated heterocycles. The Labute approximate surface area is 178 Å². The fourth-order valence-corrected chi connectivity index (χ4v) is 3.76. The molecule has 2 aromatic rings. The van der Waals surface area contributed by atoms with E-state index in [-0.39, 0.29) is 5.91 Å². The Kier molecular flexibility index (Phi) is 6.15. The van der Waals surface area contributed by atoms with Crippen molar-refractivity contribution in [3.8, 4) is 11.5 Å². The van der Waals surface area contributed by atoms with Crippen molar-refractivity contribution >= 4 is 23.1 Å². The maximum atomic E-state index is 12.4. The molecule has 0 unspecified atom stereocenters. The van der Waals surface area contributed by atoms with E-state index in [1.807, 2.05) is 36.2 Å². The molecule has 1 aliphatic heterocycles. The average molecular weight is 408 g/mol. The zero-order valence-electron chi connectivity index (χ0n) is 18.7. The number of carbonyl (C=O) groups excluding carboxylic acids is 1. The molecule has 0 aromatic heterocycles. The summed E-state index contributed by atoms with van der Waals surface area (Å²) < 4.78 is 10.8. The molecule has 0 spiro atoms. The summed E-state index contributed by atoms with van der Waals surface area (Å²) in [5.74, 6) is 2.02. The van der Waals surface area contributed by atoms with Crippen LogP contribution in [-0.2, 0) is 4.79 Å². The fraction of sp³-hybridized carbons (Fsp3) is 0.333. The zero-order valence-corrected chi connectivity index (χ0v) is 18.7. The van der Waals surface area contributed by atoms with Crippen molar-refractivity contribution in [3.63, 3.8) is 0 Å². The van der Waals surface area contributed by atoms with E-state index in [1.165, 1.54) is 5.56 Å². The van der Waals surface area contributed by atoms with Gasteiger partial charge in [-0.25, -0.2) is 4.99 Å². The molecule has 0 saturated carbocycles. The van der Waals surface area contributed by atoms with Crippen LogP contribution < -0.4 is 9.47 Å². The van der Waals surface area contributed by atoms with Crippen molar-refractivity contribution in [2.45, 2.75) is 27.7 Å². The summed E-state index contributed by atoms with van der Waals surface area (Å²) in [4.78, 5) is 21.0.